The predicted molar refractivity (Wildman–Crippen MR) is 63.3 cm³/mol. The van der Waals surface area contributed by atoms with Gasteiger partial charge in [0.05, 0.1) is 0 Å². The smallest absolute Gasteiger partial charge is 0.00104 e. The van der Waals surface area contributed by atoms with Crippen molar-refractivity contribution in [3.8, 4) is 0 Å². The summed E-state index contributed by atoms with van der Waals surface area (Å²) in [6, 6.07) is 0.406. The van der Waals surface area contributed by atoms with Crippen molar-refractivity contribution in [1.82, 2.24) is 0 Å². The Morgan fingerprint density at radius 1 is 1.07 bits per heavy atom. The van der Waals surface area contributed by atoms with Crippen molar-refractivity contribution in [3.63, 3.8) is 0 Å². The van der Waals surface area contributed by atoms with E-state index in [0.717, 1.165) is 5.92 Å². The van der Waals surface area contributed by atoms with Crippen LogP contribution in [0.25, 0.3) is 0 Å². The van der Waals surface area contributed by atoms with Crippen molar-refractivity contribution in [2.24, 2.45) is 11.7 Å². The van der Waals surface area contributed by atoms with Crippen molar-refractivity contribution in [2.75, 3.05) is 0 Å². The van der Waals surface area contributed by atoms with Crippen LogP contribution < -0.4 is 5.73 Å². The summed E-state index contributed by atoms with van der Waals surface area (Å²) in [5.41, 5.74) is 5.76. The lowest BCUT2D eigenvalue weighted by Crippen LogP contribution is -2.15. The van der Waals surface area contributed by atoms with Gasteiger partial charge in [0.15, 0.2) is 0 Å². The van der Waals surface area contributed by atoms with Crippen LogP contribution in [0.1, 0.15) is 71.1 Å². The fourth-order valence-corrected chi connectivity index (χ4v) is 2.56. The molecule has 0 spiro atoms. The van der Waals surface area contributed by atoms with Crippen LogP contribution in [-0.4, -0.2) is 6.04 Å². The first-order valence-electron chi connectivity index (χ1n) is 6.54. The normalized spacial score (nSPS) is 22.7. The SMILES string of the molecule is CC(N)CCCC1CCCCCCC1. The van der Waals surface area contributed by atoms with Gasteiger partial charge in [-0.3, -0.25) is 0 Å². The lowest BCUT2D eigenvalue weighted by molar-refractivity contribution is 0.345. The van der Waals surface area contributed by atoms with Gasteiger partial charge in [-0.05, 0) is 19.3 Å². The molecule has 0 amide bonds. The molecule has 1 saturated carbocycles. The van der Waals surface area contributed by atoms with E-state index in [2.05, 4.69) is 6.92 Å². The van der Waals surface area contributed by atoms with E-state index >= 15 is 0 Å². The first kappa shape index (κ1) is 12.0. The Morgan fingerprint density at radius 2 is 1.64 bits per heavy atom. The van der Waals surface area contributed by atoms with Crippen LogP contribution >= 0.6 is 0 Å². The van der Waals surface area contributed by atoms with E-state index in [0.29, 0.717) is 6.04 Å². The molecule has 1 fully saturated rings. The maximum absolute atomic E-state index is 5.76. The van der Waals surface area contributed by atoms with Crippen LogP contribution in [0.15, 0.2) is 0 Å². The third kappa shape index (κ3) is 5.64. The van der Waals surface area contributed by atoms with Crippen LogP contribution in [-0.2, 0) is 0 Å². The Hall–Kier alpha value is -0.0400. The summed E-state index contributed by atoms with van der Waals surface area (Å²) in [6.07, 6.45) is 14.4. The number of nitrogens with two attached hydrogens (primary N) is 1. The molecule has 1 atom stereocenters. The van der Waals surface area contributed by atoms with Crippen LogP contribution in [0, 0.1) is 5.92 Å². The zero-order valence-electron chi connectivity index (χ0n) is 9.80. The van der Waals surface area contributed by atoms with E-state index in [1.165, 1.54) is 64.2 Å². The number of rotatable bonds is 4. The second-order valence-corrected chi connectivity index (χ2v) is 5.12. The van der Waals surface area contributed by atoms with E-state index in [1.807, 2.05) is 0 Å². The van der Waals surface area contributed by atoms with E-state index in [4.69, 9.17) is 5.73 Å². The second kappa shape index (κ2) is 7.28. The minimum Gasteiger partial charge on any atom is -0.328 e. The highest BCUT2D eigenvalue weighted by Crippen LogP contribution is 2.26. The molecule has 0 aliphatic heterocycles. The first-order chi connectivity index (χ1) is 6.79. The molecule has 14 heavy (non-hydrogen) atoms. The molecule has 0 aromatic rings. The van der Waals surface area contributed by atoms with Crippen molar-refractivity contribution in [2.45, 2.75) is 77.2 Å². The first-order valence-corrected chi connectivity index (χ1v) is 6.54. The Kier molecular flexibility index (Phi) is 6.25. The van der Waals surface area contributed by atoms with E-state index in [9.17, 15) is 0 Å². The zero-order chi connectivity index (χ0) is 10.2. The van der Waals surface area contributed by atoms with Gasteiger partial charge in [-0.25, -0.2) is 0 Å². The second-order valence-electron chi connectivity index (χ2n) is 5.12. The largest absolute Gasteiger partial charge is 0.328 e. The fourth-order valence-electron chi connectivity index (χ4n) is 2.56. The van der Waals surface area contributed by atoms with E-state index in [-0.39, 0.29) is 0 Å². The van der Waals surface area contributed by atoms with Crippen LogP contribution in [0.2, 0.25) is 0 Å². The van der Waals surface area contributed by atoms with Crippen LogP contribution in [0.5, 0.6) is 0 Å². The highest BCUT2D eigenvalue weighted by atomic mass is 14.6. The molecule has 0 bridgehead atoms. The lowest BCUT2D eigenvalue weighted by Gasteiger charge is -2.19. The fraction of sp³-hybridized carbons (Fsp3) is 1.00. The molecule has 0 saturated heterocycles. The number of hydrogen-bond acceptors (Lipinski definition) is 1. The van der Waals surface area contributed by atoms with Gasteiger partial charge in [-0.2, -0.15) is 0 Å². The van der Waals surface area contributed by atoms with Crippen molar-refractivity contribution < 1.29 is 0 Å². The van der Waals surface area contributed by atoms with E-state index < -0.39 is 0 Å². The van der Waals surface area contributed by atoms with Gasteiger partial charge in [-0.1, -0.05) is 57.8 Å². The van der Waals surface area contributed by atoms with Gasteiger partial charge < -0.3 is 5.73 Å². The summed E-state index contributed by atoms with van der Waals surface area (Å²) in [6.45, 7) is 2.12. The summed E-state index contributed by atoms with van der Waals surface area (Å²) < 4.78 is 0. The molecule has 1 aliphatic rings. The average Bonchev–Trinajstić information content (AvgIpc) is 2.07. The average molecular weight is 197 g/mol. The van der Waals surface area contributed by atoms with E-state index in [1.54, 1.807) is 0 Å². The molecule has 1 unspecified atom stereocenters. The van der Waals surface area contributed by atoms with Crippen molar-refractivity contribution in [3.05, 3.63) is 0 Å². The quantitative estimate of drug-likeness (QED) is 0.727. The highest BCUT2D eigenvalue weighted by molar-refractivity contribution is 4.65. The Labute approximate surface area is 89.5 Å². The topological polar surface area (TPSA) is 26.0 Å². The summed E-state index contributed by atoms with van der Waals surface area (Å²) in [4.78, 5) is 0. The van der Waals surface area contributed by atoms with Gasteiger partial charge in [0.1, 0.15) is 0 Å². The Bertz CT molecular complexity index is 123. The van der Waals surface area contributed by atoms with Gasteiger partial charge in [0.25, 0.3) is 0 Å². The van der Waals surface area contributed by atoms with Gasteiger partial charge in [0, 0.05) is 6.04 Å². The molecule has 1 nitrogen and oxygen atoms in total. The monoisotopic (exact) mass is 197 g/mol. The van der Waals surface area contributed by atoms with Gasteiger partial charge >= 0.3 is 0 Å². The van der Waals surface area contributed by atoms with Gasteiger partial charge in [0.2, 0.25) is 0 Å². The third-order valence-corrected chi connectivity index (χ3v) is 3.50. The molecular formula is C13H27N. The molecule has 0 radical (unpaired) electrons. The molecule has 0 aromatic heterocycles. The highest BCUT2D eigenvalue weighted by Gasteiger charge is 2.10. The third-order valence-electron chi connectivity index (χ3n) is 3.50. The summed E-state index contributed by atoms with van der Waals surface area (Å²) in [5, 5.41) is 0. The van der Waals surface area contributed by atoms with Crippen LogP contribution in [0.4, 0.5) is 0 Å². The van der Waals surface area contributed by atoms with Gasteiger partial charge in [-0.15, -0.1) is 0 Å². The standard InChI is InChI=1S/C13H27N/c1-12(14)8-7-11-13-9-5-3-2-4-6-10-13/h12-13H,2-11,14H2,1H3. The molecule has 1 aliphatic carbocycles. The maximum Gasteiger partial charge on any atom is 0.00104 e. The zero-order valence-corrected chi connectivity index (χ0v) is 9.80. The molecule has 0 heterocycles. The maximum atomic E-state index is 5.76. The molecule has 2 N–H and O–H groups in total. The van der Waals surface area contributed by atoms with Crippen molar-refractivity contribution >= 4 is 0 Å². The predicted octanol–water partition coefficient (Wildman–Crippen LogP) is 3.86. The molecule has 1 heteroatoms. The summed E-state index contributed by atoms with van der Waals surface area (Å²) in [5.74, 6) is 1.02. The minimum absolute atomic E-state index is 0.406. The molecule has 0 aromatic carbocycles. The van der Waals surface area contributed by atoms with Crippen molar-refractivity contribution in [1.29, 1.82) is 0 Å². The summed E-state index contributed by atoms with van der Waals surface area (Å²) in [7, 11) is 0. The molecule has 84 valence electrons. The number of hydrogen-bond donors (Lipinski definition) is 1. The minimum atomic E-state index is 0.406. The Morgan fingerprint density at radius 3 is 2.21 bits per heavy atom. The molecular weight excluding hydrogens is 170 g/mol. The van der Waals surface area contributed by atoms with Crippen LogP contribution in [0.3, 0.4) is 0 Å². The molecule has 1 rings (SSSR count). The Balaban J connectivity index is 2.08. The lowest BCUT2D eigenvalue weighted by atomic mass is 9.87. The summed E-state index contributed by atoms with van der Waals surface area (Å²) >= 11 is 0.